The van der Waals surface area contributed by atoms with Gasteiger partial charge >= 0.3 is 17.1 Å². The second-order valence-electron chi connectivity index (χ2n) is 5.17. The molecule has 0 aliphatic heterocycles. The fourth-order valence-corrected chi connectivity index (χ4v) is 9.16. The topological polar surface area (TPSA) is 27.7 Å². The Labute approximate surface area is 121 Å². The van der Waals surface area contributed by atoms with E-state index in [1.807, 2.05) is 39.1 Å². The van der Waals surface area contributed by atoms with E-state index in [1.165, 1.54) is 0 Å². The van der Waals surface area contributed by atoms with Crippen molar-refractivity contribution in [1.82, 2.24) is 0 Å². The van der Waals surface area contributed by atoms with Gasteiger partial charge in [0.15, 0.2) is 0 Å². The number of rotatable bonds is 10. The molecular formula is C14H30O3Si2. The van der Waals surface area contributed by atoms with E-state index < -0.39 is 17.1 Å². The predicted molar refractivity (Wildman–Crippen MR) is 86.4 cm³/mol. The van der Waals surface area contributed by atoms with Crippen molar-refractivity contribution in [2.24, 2.45) is 0 Å². The minimum atomic E-state index is -2.42. The second kappa shape index (κ2) is 8.16. The van der Waals surface area contributed by atoms with Gasteiger partial charge in [-0.3, -0.25) is 0 Å². The van der Waals surface area contributed by atoms with Crippen LogP contribution in [0.15, 0.2) is 24.6 Å². The molecule has 0 radical (unpaired) electrons. The maximum absolute atomic E-state index is 6.44. The molecule has 0 aromatic rings. The van der Waals surface area contributed by atoms with Gasteiger partial charge in [0.05, 0.1) is 0 Å². The third-order valence-electron chi connectivity index (χ3n) is 2.82. The maximum atomic E-state index is 6.44. The van der Waals surface area contributed by atoms with Gasteiger partial charge in [0.25, 0.3) is 0 Å². The summed E-state index contributed by atoms with van der Waals surface area (Å²) in [5, 5.41) is 0. The zero-order valence-electron chi connectivity index (χ0n) is 13.4. The van der Waals surface area contributed by atoms with E-state index >= 15 is 0 Å². The van der Waals surface area contributed by atoms with E-state index in [1.54, 1.807) is 0 Å². The van der Waals surface area contributed by atoms with Crippen molar-refractivity contribution in [3.05, 3.63) is 24.6 Å². The van der Waals surface area contributed by atoms with Gasteiger partial charge in [0.1, 0.15) is 0 Å². The first-order valence-corrected chi connectivity index (χ1v) is 11.3. The first kappa shape index (κ1) is 18.8. The van der Waals surface area contributed by atoms with E-state index in [0.29, 0.717) is 0 Å². The van der Waals surface area contributed by atoms with Gasteiger partial charge in [0, 0.05) is 12.2 Å². The van der Waals surface area contributed by atoms with E-state index in [0.717, 1.165) is 12.1 Å². The third-order valence-corrected chi connectivity index (χ3v) is 10.5. The average Bonchev–Trinajstić information content (AvgIpc) is 2.35. The van der Waals surface area contributed by atoms with Gasteiger partial charge in [0.2, 0.25) is 0 Å². The Morgan fingerprint density at radius 3 is 1.32 bits per heavy atom. The summed E-state index contributed by atoms with van der Waals surface area (Å²) in [7, 11) is -4.84. The largest absolute Gasteiger partial charge is 0.408 e. The molecule has 0 saturated carbocycles. The summed E-state index contributed by atoms with van der Waals surface area (Å²) in [4.78, 5) is 0. The molecule has 2 atom stereocenters. The molecule has 0 N–H and O–H groups in total. The van der Waals surface area contributed by atoms with Crippen LogP contribution >= 0.6 is 0 Å². The highest BCUT2D eigenvalue weighted by molar-refractivity contribution is 6.86. The molecule has 0 aromatic heterocycles. The van der Waals surface area contributed by atoms with Crippen LogP contribution in [0, 0.1) is 0 Å². The molecule has 112 valence electrons. The Morgan fingerprint density at radius 2 is 1.16 bits per heavy atom. The first-order chi connectivity index (χ1) is 8.78. The van der Waals surface area contributed by atoms with Crippen molar-refractivity contribution in [3.8, 4) is 0 Å². The summed E-state index contributed by atoms with van der Waals surface area (Å²) >= 11 is 0. The third kappa shape index (κ3) is 5.75. The van der Waals surface area contributed by atoms with E-state index in [4.69, 9.17) is 13.0 Å². The second-order valence-corrected chi connectivity index (χ2v) is 11.9. The molecule has 2 unspecified atom stereocenters. The molecule has 0 aliphatic carbocycles. The van der Waals surface area contributed by atoms with Crippen LogP contribution in [0.5, 0.6) is 0 Å². The molecule has 0 rings (SSSR count). The number of hydrogen-bond acceptors (Lipinski definition) is 3. The Balaban J connectivity index is 5.24. The molecule has 0 saturated heterocycles. The van der Waals surface area contributed by atoms with Crippen LogP contribution in [-0.2, 0) is 13.0 Å². The molecule has 0 spiro atoms. The van der Waals surface area contributed by atoms with Gasteiger partial charge < -0.3 is 13.0 Å². The summed E-state index contributed by atoms with van der Waals surface area (Å²) in [6.07, 6.45) is 0.245. The van der Waals surface area contributed by atoms with E-state index in [2.05, 4.69) is 27.0 Å². The molecule has 5 heteroatoms. The zero-order valence-corrected chi connectivity index (χ0v) is 15.4. The smallest absolute Gasteiger partial charge is 0.355 e. The van der Waals surface area contributed by atoms with Crippen molar-refractivity contribution in [1.29, 1.82) is 0 Å². The molecule has 0 heterocycles. The van der Waals surface area contributed by atoms with Crippen molar-refractivity contribution < 1.29 is 13.0 Å². The van der Waals surface area contributed by atoms with Gasteiger partial charge in [-0.15, -0.1) is 13.2 Å². The summed E-state index contributed by atoms with van der Waals surface area (Å²) in [5.74, 6) is 0. The Morgan fingerprint density at radius 1 is 0.842 bits per heavy atom. The Bertz CT molecular complexity index is 266. The molecule has 0 aromatic carbocycles. The monoisotopic (exact) mass is 302 g/mol. The van der Waals surface area contributed by atoms with Gasteiger partial charge in [-0.25, -0.2) is 0 Å². The van der Waals surface area contributed by atoms with Gasteiger partial charge in [-0.2, -0.15) is 0 Å². The van der Waals surface area contributed by atoms with Crippen LogP contribution in [0.2, 0.25) is 12.1 Å². The standard InChI is InChI=1S/C14H30O3Si2/c1-9-18(10-2,15-13(5)6)17-19(11-3,12-4)16-14(7)8/h9,11,13-14H,1,3,10,12H2,2,4-8H3. The summed E-state index contributed by atoms with van der Waals surface area (Å²) in [6, 6.07) is 1.66. The minimum Gasteiger partial charge on any atom is -0.408 e. The quantitative estimate of drug-likeness (QED) is 0.565. The fourth-order valence-electron chi connectivity index (χ4n) is 1.92. The summed E-state index contributed by atoms with van der Waals surface area (Å²) in [6.45, 7) is 20.1. The lowest BCUT2D eigenvalue weighted by atomic mass is 10.5. The molecule has 3 nitrogen and oxygen atoms in total. The van der Waals surface area contributed by atoms with Crippen molar-refractivity contribution in [2.75, 3.05) is 0 Å². The van der Waals surface area contributed by atoms with Crippen molar-refractivity contribution >= 4 is 17.1 Å². The summed E-state index contributed by atoms with van der Waals surface area (Å²) < 4.78 is 18.6. The van der Waals surface area contributed by atoms with Crippen LogP contribution in [0.3, 0.4) is 0 Å². The molecule has 0 amide bonds. The molecule has 0 fully saturated rings. The van der Waals surface area contributed by atoms with E-state index in [-0.39, 0.29) is 12.2 Å². The lowest BCUT2D eigenvalue weighted by molar-refractivity contribution is 0.144. The summed E-state index contributed by atoms with van der Waals surface area (Å²) in [5.41, 5.74) is 3.75. The van der Waals surface area contributed by atoms with Crippen LogP contribution in [0.1, 0.15) is 41.5 Å². The molecule has 0 bridgehead atoms. The van der Waals surface area contributed by atoms with Gasteiger partial charge in [-0.05, 0) is 39.8 Å². The highest BCUT2D eigenvalue weighted by Gasteiger charge is 2.45. The molecule has 19 heavy (non-hydrogen) atoms. The number of hydrogen-bond donors (Lipinski definition) is 0. The van der Waals surface area contributed by atoms with Crippen LogP contribution in [0.4, 0.5) is 0 Å². The Kier molecular flexibility index (Phi) is 8.07. The lowest BCUT2D eigenvalue weighted by Gasteiger charge is -2.38. The van der Waals surface area contributed by atoms with Crippen LogP contribution in [-0.4, -0.2) is 29.3 Å². The predicted octanol–water partition coefficient (Wildman–Crippen LogP) is 4.23. The molecule has 0 aliphatic rings. The highest BCUT2D eigenvalue weighted by Crippen LogP contribution is 2.27. The average molecular weight is 303 g/mol. The van der Waals surface area contributed by atoms with Crippen molar-refractivity contribution in [3.63, 3.8) is 0 Å². The van der Waals surface area contributed by atoms with Gasteiger partial charge in [-0.1, -0.05) is 25.2 Å². The SMILES string of the molecule is C=C[Si](CC)(OC(C)C)O[Si](C=C)(CC)OC(C)C. The van der Waals surface area contributed by atoms with E-state index in [9.17, 15) is 0 Å². The van der Waals surface area contributed by atoms with Crippen molar-refractivity contribution in [2.45, 2.75) is 65.8 Å². The minimum absolute atomic E-state index is 0.122. The van der Waals surface area contributed by atoms with Crippen LogP contribution < -0.4 is 0 Å². The normalized spacial score (nSPS) is 18.1. The first-order valence-electron chi connectivity index (χ1n) is 7.11. The fraction of sp³-hybridized carbons (Fsp3) is 0.714. The maximum Gasteiger partial charge on any atom is 0.355 e. The molecular weight excluding hydrogens is 272 g/mol. The van der Waals surface area contributed by atoms with Crippen LogP contribution in [0.25, 0.3) is 0 Å². The highest BCUT2D eigenvalue weighted by atomic mass is 28.5. The Hall–Kier alpha value is -0.206. The zero-order chi connectivity index (χ0) is 15.1. The lowest BCUT2D eigenvalue weighted by Crippen LogP contribution is -2.54.